The van der Waals surface area contributed by atoms with E-state index in [4.69, 9.17) is 5.73 Å². The van der Waals surface area contributed by atoms with Gasteiger partial charge in [-0.05, 0) is 19.8 Å². The first-order chi connectivity index (χ1) is 7.11. The third kappa shape index (κ3) is 4.75. The van der Waals surface area contributed by atoms with Gasteiger partial charge in [-0.25, -0.2) is 0 Å². The molecule has 3 heteroatoms. The van der Waals surface area contributed by atoms with Crippen LogP contribution in [0.4, 0.5) is 0 Å². The van der Waals surface area contributed by atoms with E-state index in [1.807, 2.05) is 18.7 Å². The molecule has 0 bridgehead atoms. The average Bonchev–Trinajstić information content (AvgIpc) is 2.17. The van der Waals surface area contributed by atoms with Gasteiger partial charge in [0, 0.05) is 16.5 Å². The van der Waals surface area contributed by atoms with Crippen molar-refractivity contribution in [2.45, 2.75) is 75.0 Å². The van der Waals surface area contributed by atoms with Crippen LogP contribution in [0.5, 0.6) is 0 Å². The molecule has 90 valence electrons. The molecular weight excluding hydrogens is 206 g/mol. The van der Waals surface area contributed by atoms with E-state index in [9.17, 15) is 5.11 Å². The Bertz CT molecular complexity index is 175. The second kappa shape index (κ2) is 6.77. The molecule has 0 amide bonds. The topological polar surface area (TPSA) is 46.2 Å². The smallest absolute Gasteiger partial charge is 0.0628 e. The molecule has 0 aromatic heterocycles. The second-order valence-corrected chi connectivity index (χ2v) is 6.40. The van der Waals surface area contributed by atoms with Crippen molar-refractivity contribution in [1.29, 1.82) is 0 Å². The van der Waals surface area contributed by atoms with Crippen molar-refractivity contribution >= 4 is 11.8 Å². The van der Waals surface area contributed by atoms with E-state index in [1.54, 1.807) is 0 Å². The summed E-state index contributed by atoms with van der Waals surface area (Å²) in [6.45, 7) is 3.97. The SMILES string of the molecule is CC(O)C(C)SC1CCCCCCC1N. The Morgan fingerprint density at radius 3 is 2.33 bits per heavy atom. The molecule has 1 aliphatic rings. The summed E-state index contributed by atoms with van der Waals surface area (Å²) in [5.41, 5.74) is 6.19. The van der Waals surface area contributed by atoms with E-state index in [1.165, 1.54) is 32.1 Å². The highest BCUT2D eigenvalue weighted by Crippen LogP contribution is 2.30. The third-order valence-electron chi connectivity index (χ3n) is 3.32. The van der Waals surface area contributed by atoms with E-state index in [-0.39, 0.29) is 6.10 Å². The first-order valence-electron chi connectivity index (χ1n) is 6.20. The van der Waals surface area contributed by atoms with Crippen LogP contribution in [0.25, 0.3) is 0 Å². The Morgan fingerprint density at radius 1 is 1.13 bits per heavy atom. The third-order valence-corrected chi connectivity index (χ3v) is 5.08. The largest absolute Gasteiger partial charge is 0.392 e. The minimum atomic E-state index is -0.229. The minimum Gasteiger partial charge on any atom is -0.392 e. The molecule has 1 fully saturated rings. The van der Waals surface area contributed by atoms with Crippen LogP contribution in [0.1, 0.15) is 52.4 Å². The van der Waals surface area contributed by atoms with Gasteiger partial charge in [0.2, 0.25) is 0 Å². The van der Waals surface area contributed by atoms with Crippen LogP contribution in [0, 0.1) is 0 Å². The fraction of sp³-hybridized carbons (Fsp3) is 1.00. The molecule has 1 rings (SSSR count). The van der Waals surface area contributed by atoms with Crippen LogP contribution in [-0.2, 0) is 0 Å². The molecule has 4 unspecified atom stereocenters. The molecule has 4 atom stereocenters. The number of nitrogens with two attached hydrogens (primary N) is 1. The van der Waals surface area contributed by atoms with E-state index in [2.05, 4.69) is 6.92 Å². The lowest BCUT2D eigenvalue weighted by atomic mass is 9.97. The summed E-state index contributed by atoms with van der Waals surface area (Å²) in [6.07, 6.45) is 7.43. The summed E-state index contributed by atoms with van der Waals surface area (Å²) in [5, 5.41) is 10.4. The monoisotopic (exact) mass is 231 g/mol. The number of aliphatic hydroxyl groups excluding tert-OH is 1. The number of rotatable bonds is 3. The van der Waals surface area contributed by atoms with E-state index >= 15 is 0 Å². The summed E-state index contributed by atoms with van der Waals surface area (Å²) in [7, 11) is 0. The van der Waals surface area contributed by atoms with Crippen molar-refractivity contribution in [1.82, 2.24) is 0 Å². The molecule has 0 aliphatic heterocycles. The van der Waals surface area contributed by atoms with Gasteiger partial charge >= 0.3 is 0 Å². The van der Waals surface area contributed by atoms with Crippen molar-refractivity contribution in [2.75, 3.05) is 0 Å². The Kier molecular flexibility index (Phi) is 6.02. The fourth-order valence-corrected chi connectivity index (χ4v) is 3.46. The van der Waals surface area contributed by atoms with Crippen LogP contribution in [-0.4, -0.2) is 27.8 Å². The van der Waals surface area contributed by atoms with Gasteiger partial charge in [-0.2, -0.15) is 11.8 Å². The van der Waals surface area contributed by atoms with Gasteiger partial charge in [0.05, 0.1) is 6.10 Å². The second-order valence-electron chi connectivity index (χ2n) is 4.78. The van der Waals surface area contributed by atoms with E-state index in [0.717, 1.165) is 6.42 Å². The van der Waals surface area contributed by atoms with Crippen LogP contribution < -0.4 is 5.73 Å². The fourth-order valence-electron chi connectivity index (χ4n) is 2.04. The zero-order valence-corrected chi connectivity index (χ0v) is 10.8. The molecule has 0 radical (unpaired) electrons. The number of thioether (sulfide) groups is 1. The van der Waals surface area contributed by atoms with Gasteiger partial charge in [0.1, 0.15) is 0 Å². The van der Waals surface area contributed by atoms with Gasteiger partial charge in [0.25, 0.3) is 0 Å². The Labute approximate surface area is 98.0 Å². The number of hydrogen-bond donors (Lipinski definition) is 2. The first kappa shape index (κ1) is 13.3. The van der Waals surface area contributed by atoms with Gasteiger partial charge in [-0.3, -0.25) is 0 Å². The van der Waals surface area contributed by atoms with Crippen molar-refractivity contribution in [3.63, 3.8) is 0 Å². The highest BCUT2D eigenvalue weighted by atomic mass is 32.2. The maximum atomic E-state index is 9.50. The van der Waals surface area contributed by atoms with Crippen molar-refractivity contribution in [3.8, 4) is 0 Å². The van der Waals surface area contributed by atoms with E-state index < -0.39 is 0 Å². The Morgan fingerprint density at radius 2 is 1.73 bits per heavy atom. The lowest BCUT2D eigenvalue weighted by Gasteiger charge is -2.29. The summed E-state index contributed by atoms with van der Waals surface area (Å²) < 4.78 is 0. The van der Waals surface area contributed by atoms with E-state index in [0.29, 0.717) is 16.5 Å². The molecule has 0 spiro atoms. The summed E-state index contributed by atoms with van der Waals surface area (Å²) in [5.74, 6) is 0. The van der Waals surface area contributed by atoms with Crippen LogP contribution in [0.15, 0.2) is 0 Å². The van der Waals surface area contributed by atoms with Gasteiger partial charge in [-0.1, -0.05) is 32.6 Å². The van der Waals surface area contributed by atoms with Crippen LogP contribution in [0.3, 0.4) is 0 Å². The molecule has 1 aliphatic carbocycles. The predicted molar refractivity (Wildman–Crippen MR) is 68.2 cm³/mol. The lowest BCUT2D eigenvalue weighted by molar-refractivity contribution is 0.196. The quantitative estimate of drug-likeness (QED) is 0.784. The average molecular weight is 231 g/mol. The molecule has 0 aromatic carbocycles. The molecule has 0 aromatic rings. The highest BCUT2D eigenvalue weighted by molar-refractivity contribution is 8.00. The molecule has 15 heavy (non-hydrogen) atoms. The Hall–Kier alpha value is 0.270. The normalized spacial score (nSPS) is 32.8. The molecule has 2 nitrogen and oxygen atoms in total. The molecular formula is C12H25NOS. The molecule has 0 heterocycles. The predicted octanol–water partition coefficient (Wildman–Crippen LogP) is 2.54. The van der Waals surface area contributed by atoms with Gasteiger partial charge < -0.3 is 10.8 Å². The standard InChI is InChI=1S/C12H25NOS/c1-9(14)10(2)15-12-8-6-4-3-5-7-11(12)13/h9-12,14H,3-8,13H2,1-2H3. The maximum absolute atomic E-state index is 9.50. The van der Waals surface area contributed by atoms with Crippen LogP contribution >= 0.6 is 11.8 Å². The van der Waals surface area contributed by atoms with Crippen molar-refractivity contribution < 1.29 is 5.11 Å². The van der Waals surface area contributed by atoms with Crippen molar-refractivity contribution in [2.24, 2.45) is 5.73 Å². The van der Waals surface area contributed by atoms with Gasteiger partial charge in [0.15, 0.2) is 0 Å². The minimum absolute atomic E-state index is 0.229. The molecule has 1 saturated carbocycles. The Balaban J connectivity index is 2.41. The summed E-state index contributed by atoms with van der Waals surface area (Å²) in [4.78, 5) is 0. The highest BCUT2D eigenvalue weighted by Gasteiger charge is 2.23. The summed E-state index contributed by atoms with van der Waals surface area (Å²) >= 11 is 1.88. The maximum Gasteiger partial charge on any atom is 0.0628 e. The van der Waals surface area contributed by atoms with Gasteiger partial charge in [-0.15, -0.1) is 0 Å². The zero-order chi connectivity index (χ0) is 11.3. The van der Waals surface area contributed by atoms with Crippen LogP contribution in [0.2, 0.25) is 0 Å². The zero-order valence-electron chi connectivity index (χ0n) is 9.98. The molecule has 0 saturated heterocycles. The first-order valence-corrected chi connectivity index (χ1v) is 7.14. The summed E-state index contributed by atoms with van der Waals surface area (Å²) in [6, 6.07) is 0.330. The van der Waals surface area contributed by atoms with Crippen molar-refractivity contribution in [3.05, 3.63) is 0 Å². The lowest BCUT2D eigenvalue weighted by Crippen LogP contribution is -2.35. The number of hydrogen-bond acceptors (Lipinski definition) is 3. The molecule has 3 N–H and O–H groups in total. The number of aliphatic hydroxyl groups is 1.